The second kappa shape index (κ2) is 7.10. The molecule has 4 heteroatoms. The smallest absolute Gasteiger partial charge is 0.223 e. The van der Waals surface area contributed by atoms with E-state index in [1.165, 1.54) is 51.4 Å². The molecule has 120 valence electrons. The van der Waals surface area contributed by atoms with Gasteiger partial charge in [-0.1, -0.05) is 25.7 Å². The summed E-state index contributed by atoms with van der Waals surface area (Å²) in [4.78, 5) is 12.2. The third-order valence-corrected chi connectivity index (χ3v) is 5.82. The highest BCUT2D eigenvalue weighted by Gasteiger charge is 2.57. The Morgan fingerprint density at radius 2 is 1.76 bits per heavy atom. The Balaban J connectivity index is 1.30. The van der Waals surface area contributed by atoms with E-state index in [2.05, 4.69) is 16.0 Å². The summed E-state index contributed by atoms with van der Waals surface area (Å²) < 4.78 is 0. The predicted octanol–water partition coefficient (Wildman–Crippen LogP) is 1.80. The summed E-state index contributed by atoms with van der Waals surface area (Å²) in [7, 11) is 0. The van der Waals surface area contributed by atoms with E-state index in [4.69, 9.17) is 0 Å². The van der Waals surface area contributed by atoms with Crippen LogP contribution in [0.15, 0.2) is 0 Å². The van der Waals surface area contributed by atoms with Crippen LogP contribution < -0.4 is 16.0 Å². The molecule has 1 spiro atoms. The van der Waals surface area contributed by atoms with Crippen molar-refractivity contribution >= 4 is 5.91 Å². The molecule has 0 aromatic carbocycles. The molecule has 21 heavy (non-hydrogen) atoms. The van der Waals surface area contributed by atoms with E-state index in [-0.39, 0.29) is 0 Å². The topological polar surface area (TPSA) is 53.2 Å². The lowest BCUT2D eigenvalue weighted by atomic mass is 9.92. The third-order valence-electron chi connectivity index (χ3n) is 5.82. The van der Waals surface area contributed by atoms with Crippen LogP contribution in [0.2, 0.25) is 0 Å². The quantitative estimate of drug-likeness (QED) is 0.535. The molecular formula is C17H31N3O. The zero-order chi connectivity index (χ0) is 14.5. The minimum absolute atomic E-state index is 0.303. The Hall–Kier alpha value is -0.610. The molecular weight excluding hydrogens is 262 g/mol. The van der Waals surface area contributed by atoms with Gasteiger partial charge in [0, 0.05) is 25.0 Å². The van der Waals surface area contributed by atoms with Gasteiger partial charge in [-0.15, -0.1) is 0 Å². The van der Waals surface area contributed by atoms with Crippen molar-refractivity contribution < 1.29 is 4.79 Å². The van der Waals surface area contributed by atoms with Crippen molar-refractivity contribution in [1.29, 1.82) is 0 Å². The highest BCUT2D eigenvalue weighted by atomic mass is 16.2. The summed E-state index contributed by atoms with van der Waals surface area (Å²) in [6.45, 7) is 3.90. The molecule has 1 amide bonds. The molecule has 0 radical (unpaired) electrons. The lowest BCUT2D eigenvalue weighted by molar-refractivity contribution is -0.123. The molecule has 0 aromatic rings. The van der Waals surface area contributed by atoms with Crippen LogP contribution in [0.25, 0.3) is 0 Å². The van der Waals surface area contributed by atoms with Crippen LogP contribution in [0.5, 0.6) is 0 Å². The van der Waals surface area contributed by atoms with Gasteiger partial charge in [0.25, 0.3) is 0 Å². The second-order valence-electron chi connectivity index (χ2n) is 7.30. The Labute approximate surface area is 128 Å². The molecule has 3 N–H and O–H groups in total. The average molecular weight is 293 g/mol. The second-order valence-corrected chi connectivity index (χ2v) is 7.30. The predicted molar refractivity (Wildman–Crippen MR) is 85.1 cm³/mol. The number of nitrogens with one attached hydrogen (secondary N) is 3. The highest BCUT2D eigenvalue weighted by molar-refractivity contribution is 5.82. The number of rotatable bonds is 5. The van der Waals surface area contributed by atoms with Gasteiger partial charge in [0.15, 0.2) is 0 Å². The van der Waals surface area contributed by atoms with Gasteiger partial charge >= 0.3 is 0 Å². The number of carbonyl (C=O) groups excluding carboxylic acids is 1. The van der Waals surface area contributed by atoms with Crippen molar-refractivity contribution in [2.45, 2.75) is 63.8 Å². The van der Waals surface area contributed by atoms with Crippen LogP contribution in [0.3, 0.4) is 0 Å². The fourth-order valence-corrected chi connectivity index (χ4v) is 4.26. The van der Waals surface area contributed by atoms with Crippen molar-refractivity contribution in [2.24, 2.45) is 11.3 Å². The molecule has 2 saturated carbocycles. The van der Waals surface area contributed by atoms with E-state index >= 15 is 0 Å². The Kier molecular flexibility index (Phi) is 5.17. The Bertz CT molecular complexity index is 344. The standard InChI is InChI=1S/C17H31N3O/c21-16(15-13-17(15)7-9-18-10-8-17)20-12-11-19-14-5-3-1-2-4-6-14/h14-15,18-19H,1-13H2,(H,20,21). The largest absolute Gasteiger partial charge is 0.355 e. The minimum atomic E-state index is 0.303. The molecule has 1 atom stereocenters. The van der Waals surface area contributed by atoms with E-state index in [9.17, 15) is 4.79 Å². The SMILES string of the molecule is O=C(NCCNC1CCCCCC1)C1CC12CCNCC2. The molecule has 1 unspecified atom stereocenters. The van der Waals surface area contributed by atoms with Crippen LogP contribution in [-0.2, 0) is 4.79 Å². The zero-order valence-electron chi connectivity index (χ0n) is 13.3. The fourth-order valence-electron chi connectivity index (χ4n) is 4.26. The summed E-state index contributed by atoms with van der Waals surface area (Å²) >= 11 is 0. The number of piperidine rings is 1. The van der Waals surface area contributed by atoms with E-state index in [0.717, 1.165) is 32.6 Å². The fraction of sp³-hybridized carbons (Fsp3) is 0.941. The van der Waals surface area contributed by atoms with Crippen molar-refractivity contribution in [2.75, 3.05) is 26.2 Å². The molecule has 0 aromatic heterocycles. The maximum atomic E-state index is 12.2. The summed E-state index contributed by atoms with van der Waals surface area (Å²) in [6, 6.07) is 0.682. The minimum Gasteiger partial charge on any atom is -0.355 e. The van der Waals surface area contributed by atoms with E-state index in [1.807, 2.05) is 0 Å². The lowest BCUT2D eigenvalue weighted by Gasteiger charge is -2.23. The van der Waals surface area contributed by atoms with Crippen LogP contribution in [0.4, 0.5) is 0 Å². The highest BCUT2D eigenvalue weighted by Crippen LogP contribution is 2.58. The van der Waals surface area contributed by atoms with Crippen LogP contribution in [0, 0.1) is 11.3 Å². The van der Waals surface area contributed by atoms with Crippen molar-refractivity contribution in [1.82, 2.24) is 16.0 Å². The van der Waals surface area contributed by atoms with Crippen molar-refractivity contribution in [3.8, 4) is 0 Å². The van der Waals surface area contributed by atoms with Gasteiger partial charge < -0.3 is 16.0 Å². The van der Waals surface area contributed by atoms with E-state index in [0.29, 0.717) is 23.3 Å². The lowest BCUT2D eigenvalue weighted by Crippen LogP contribution is -2.38. The summed E-state index contributed by atoms with van der Waals surface area (Å²) in [6.07, 6.45) is 11.6. The molecule has 1 saturated heterocycles. The van der Waals surface area contributed by atoms with Crippen molar-refractivity contribution in [3.63, 3.8) is 0 Å². The van der Waals surface area contributed by atoms with Gasteiger partial charge in [0.2, 0.25) is 5.91 Å². The Morgan fingerprint density at radius 1 is 1.05 bits per heavy atom. The van der Waals surface area contributed by atoms with Gasteiger partial charge in [-0.05, 0) is 50.6 Å². The summed E-state index contributed by atoms with van der Waals surface area (Å²) in [5.41, 5.74) is 0.365. The van der Waals surface area contributed by atoms with Crippen LogP contribution in [0.1, 0.15) is 57.8 Å². The molecule has 2 aliphatic carbocycles. The summed E-state index contributed by atoms with van der Waals surface area (Å²) in [5, 5.41) is 10.2. The number of hydrogen-bond donors (Lipinski definition) is 3. The maximum absolute atomic E-state index is 12.2. The Morgan fingerprint density at radius 3 is 2.48 bits per heavy atom. The maximum Gasteiger partial charge on any atom is 0.223 e. The van der Waals surface area contributed by atoms with E-state index < -0.39 is 0 Å². The molecule has 1 heterocycles. The molecule has 4 nitrogen and oxygen atoms in total. The first-order valence-corrected chi connectivity index (χ1v) is 9.02. The number of hydrogen-bond acceptors (Lipinski definition) is 3. The molecule has 3 aliphatic rings. The molecule has 3 fully saturated rings. The zero-order valence-corrected chi connectivity index (χ0v) is 13.3. The van der Waals surface area contributed by atoms with Gasteiger partial charge in [0.05, 0.1) is 0 Å². The normalized spacial score (nSPS) is 29.0. The molecule has 1 aliphatic heterocycles. The van der Waals surface area contributed by atoms with Crippen LogP contribution in [-0.4, -0.2) is 38.1 Å². The molecule has 3 rings (SSSR count). The first-order valence-electron chi connectivity index (χ1n) is 9.02. The van der Waals surface area contributed by atoms with Crippen molar-refractivity contribution in [3.05, 3.63) is 0 Å². The summed E-state index contributed by atoms with van der Waals surface area (Å²) in [5.74, 6) is 0.608. The number of amides is 1. The monoisotopic (exact) mass is 293 g/mol. The van der Waals surface area contributed by atoms with Gasteiger partial charge in [0.1, 0.15) is 0 Å². The first-order chi connectivity index (χ1) is 10.3. The molecule has 0 bridgehead atoms. The van der Waals surface area contributed by atoms with Gasteiger partial charge in [-0.2, -0.15) is 0 Å². The number of carbonyl (C=O) groups is 1. The van der Waals surface area contributed by atoms with Gasteiger partial charge in [-0.3, -0.25) is 4.79 Å². The average Bonchev–Trinajstić information content (AvgIpc) is 3.25. The third kappa shape index (κ3) is 3.98. The van der Waals surface area contributed by atoms with E-state index in [1.54, 1.807) is 0 Å². The van der Waals surface area contributed by atoms with Crippen LogP contribution >= 0.6 is 0 Å². The van der Waals surface area contributed by atoms with Gasteiger partial charge in [-0.25, -0.2) is 0 Å². The first kappa shape index (κ1) is 15.3.